The predicted octanol–water partition coefficient (Wildman–Crippen LogP) is 13.0. The molecule has 0 unspecified atom stereocenters. The molecule has 258 valence electrons. The van der Waals surface area contributed by atoms with Crippen LogP contribution in [0.15, 0.2) is 206 Å². The van der Waals surface area contributed by atoms with Crippen molar-refractivity contribution in [3.05, 3.63) is 206 Å². The zero-order valence-corrected chi connectivity index (χ0v) is 29.6. The van der Waals surface area contributed by atoms with Gasteiger partial charge in [-0.05, 0) is 57.1 Å². The molecule has 0 bridgehead atoms. The first-order chi connectivity index (χ1) is 28.9. The van der Waals surface area contributed by atoms with Crippen molar-refractivity contribution < 1.29 is 5.48 Å². The molecule has 4 nitrogen and oxygen atoms in total. The third-order valence-electron chi connectivity index (χ3n) is 10.0. The van der Waals surface area contributed by atoms with Crippen LogP contribution in [0.2, 0.25) is 0 Å². The molecule has 0 saturated carbocycles. The summed E-state index contributed by atoms with van der Waals surface area (Å²) in [5, 5.41) is 1.06. The van der Waals surface area contributed by atoms with Gasteiger partial charge in [0.05, 0.1) is 16.5 Å². The first-order valence-electron chi connectivity index (χ1n) is 20.2. The second-order valence-corrected chi connectivity index (χ2v) is 13.4. The fourth-order valence-electron chi connectivity index (χ4n) is 7.33. The first kappa shape index (κ1) is 28.1. The molecular weight excluding hydrogens is 669 g/mol. The van der Waals surface area contributed by atoms with Crippen molar-refractivity contribution in [3.8, 4) is 73.2 Å². The van der Waals surface area contributed by atoms with E-state index in [0.29, 0.717) is 33.5 Å². The average Bonchev–Trinajstić information content (AvgIpc) is 3.67. The van der Waals surface area contributed by atoms with E-state index >= 15 is 0 Å². The van der Waals surface area contributed by atoms with Crippen molar-refractivity contribution in [2.24, 2.45) is 0 Å². The van der Waals surface area contributed by atoms with Gasteiger partial charge in [0.1, 0.15) is 0 Å². The molecule has 0 aliphatic heterocycles. The quantitative estimate of drug-likeness (QED) is 0.166. The lowest BCUT2D eigenvalue weighted by atomic mass is 9.97. The molecule has 0 radical (unpaired) electrons. The second kappa shape index (κ2) is 13.8. The van der Waals surface area contributed by atoms with Gasteiger partial charge >= 0.3 is 0 Å². The number of para-hydroxylation sites is 2. The fraction of sp³-hybridized carbons (Fsp3) is 0. The van der Waals surface area contributed by atoms with Crippen LogP contribution in [0.3, 0.4) is 0 Å². The molecule has 2 aromatic heterocycles. The first-order valence-corrected chi connectivity index (χ1v) is 18.2. The minimum absolute atomic E-state index is 0.124. The monoisotopic (exact) mass is 706 g/mol. The molecule has 2 heterocycles. The summed E-state index contributed by atoms with van der Waals surface area (Å²) in [6, 6.07) is 59.9. The number of benzene rings is 8. The van der Waals surface area contributed by atoms with Gasteiger partial charge in [-0.1, -0.05) is 188 Å². The Hall–Kier alpha value is -7.43. The Labute approximate surface area is 325 Å². The van der Waals surface area contributed by atoms with Crippen LogP contribution in [-0.4, -0.2) is 19.5 Å². The molecule has 0 spiro atoms. The van der Waals surface area contributed by atoms with Crippen molar-refractivity contribution in [1.82, 2.24) is 19.5 Å². The summed E-state index contributed by atoms with van der Waals surface area (Å²) in [5.41, 5.74) is 10.6. The standard InChI is InChI=1S/C51H34N4/c1-4-15-35(16-5-1)38-29-31-39(32-30-38)49-52-50(43-24-13-22-41(34-43)37-19-8-3-9-20-37)54-51(53-49)55-47-28-11-10-25-45(47)46-27-14-26-44(48(46)55)42-23-12-21-40(33-42)36-17-6-2-7-18-36/h1-34H/i10D,11D,25D,28D. The Morgan fingerprint density at radius 3 is 1.49 bits per heavy atom. The van der Waals surface area contributed by atoms with Gasteiger partial charge in [-0.25, -0.2) is 4.98 Å². The van der Waals surface area contributed by atoms with Gasteiger partial charge in [0.2, 0.25) is 5.95 Å². The van der Waals surface area contributed by atoms with E-state index in [1.165, 1.54) is 0 Å². The van der Waals surface area contributed by atoms with Crippen molar-refractivity contribution in [1.29, 1.82) is 0 Å². The lowest BCUT2D eigenvalue weighted by Crippen LogP contribution is -2.07. The van der Waals surface area contributed by atoms with E-state index in [1.807, 2.05) is 109 Å². The maximum absolute atomic E-state index is 9.35. The highest BCUT2D eigenvalue weighted by molar-refractivity contribution is 6.13. The molecule has 8 aromatic carbocycles. The number of fused-ring (bicyclic) bond motifs is 3. The number of aromatic nitrogens is 4. The molecular formula is C51H34N4. The van der Waals surface area contributed by atoms with Crippen LogP contribution in [0.4, 0.5) is 0 Å². The normalized spacial score (nSPS) is 12.3. The molecule has 10 rings (SSSR count). The zero-order valence-electron chi connectivity index (χ0n) is 33.6. The maximum atomic E-state index is 9.35. The maximum Gasteiger partial charge on any atom is 0.238 e. The Balaban J connectivity index is 1.27. The summed E-state index contributed by atoms with van der Waals surface area (Å²) in [6.45, 7) is 0. The summed E-state index contributed by atoms with van der Waals surface area (Å²) in [6.07, 6.45) is 0. The van der Waals surface area contributed by atoms with E-state index < -0.39 is 0 Å². The molecule has 0 aliphatic carbocycles. The van der Waals surface area contributed by atoms with E-state index in [0.717, 1.165) is 55.6 Å². The summed E-state index contributed by atoms with van der Waals surface area (Å²) >= 11 is 0. The van der Waals surface area contributed by atoms with Crippen molar-refractivity contribution >= 4 is 21.8 Å². The molecule has 0 saturated heterocycles. The molecule has 4 heteroatoms. The predicted molar refractivity (Wildman–Crippen MR) is 227 cm³/mol. The molecule has 10 aromatic rings. The van der Waals surface area contributed by atoms with Crippen molar-refractivity contribution in [3.63, 3.8) is 0 Å². The molecule has 0 N–H and O–H groups in total. The molecule has 0 aliphatic rings. The van der Waals surface area contributed by atoms with Crippen LogP contribution in [0.25, 0.3) is 95.0 Å². The molecule has 0 fully saturated rings. The SMILES string of the molecule is [2H]c1c([2H])c([2H])c2c(c1[2H])c1cccc(-c3cccc(-c4ccccc4)c3)c1n2-c1nc(-c2ccc(-c3ccccc3)cc2)nc(-c2cccc(-c3ccccc3)c2)n1. The Morgan fingerprint density at radius 1 is 0.364 bits per heavy atom. The second-order valence-electron chi connectivity index (χ2n) is 13.4. The zero-order chi connectivity index (χ0) is 40.0. The Morgan fingerprint density at radius 2 is 0.836 bits per heavy atom. The van der Waals surface area contributed by atoms with Gasteiger partial charge in [-0.2, -0.15) is 9.97 Å². The largest absolute Gasteiger partial charge is 0.277 e. The average molecular weight is 707 g/mol. The highest BCUT2D eigenvalue weighted by Crippen LogP contribution is 2.39. The van der Waals surface area contributed by atoms with Gasteiger partial charge in [0, 0.05) is 27.5 Å². The van der Waals surface area contributed by atoms with Crippen LogP contribution in [-0.2, 0) is 0 Å². The van der Waals surface area contributed by atoms with Crippen LogP contribution < -0.4 is 0 Å². The molecule has 55 heavy (non-hydrogen) atoms. The van der Waals surface area contributed by atoms with E-state index in [2.05, 4.69) is 72.8 Å². The van der Waals surface area contributed by atoms with Crippen molar-refractivity contribution in [2.75, 3.05) is 0 Å². The third kappa shape index (κ3) is 6.06. The minimum Gasteiger partial charge on any atom is -0.277 e. The van der Waals surface area contributed by atoms with E-state index in [9.17, 15) is 2.74 Å². The lowest BCUT2D eigenvalue weighted by molar-refractivity contribution is 0.954. The fourth-order valence-corrected chi connectivity index (χ4v) is 7.33. The van der Waals surface area contributed by atoms with Crippen LogP contribution >= 0.6 is 0 Å². The summed E-state index contributed by atoms with van der Waals surface area (Å²) < 4.78 is 37.9. The number of hydrogen-bond donors (Lipinski definition) is 0. The molecule has 0 amide bonds. The summed E-state index contributed by atoms with van der Waals surface area (Å²) in [4.78, 5) is 15.4. The Kier molecular flexibility index (Phi) is 7.08. The topological polar surface area (TPSA) is 43.6 Å². The number of nitrogens with zero attached hydrogens (tertiary/aromatic N) is 4. The van der Waals surface area contributed by atoms with E-state index in [-0.39, 0.29) is 30.1 Å². The smallest absolute Gasteiger partial charge is 0.238 e. The number of rotatable bonds is 7. The van der Waals surface area contributed by atoms with Gasteiger partial charge in [-0.3, -0.25) is 4.57 Å². The van der Waals surface area contributed by atoms with Gasteiger partial charge in [-0.15, -0.1) is 0 Å². The minimum atomic E-state index is -0.333. The van der Waals surface area contributed by atoms with Crippen LogP contribution in [0, 0.1) is 0 Å². The summed E-state index contributed by atoms with van der Waals surface area (Å²) in [7, 11) is 0. The Bertz CT molecular complexity index is 3190. The van der Waals surface area contributed by atoms with E-state index in [4.69, 9.17) is 17.7 Å². The summed E-state index contributed by atoms with van der Waals surface area (Å²) in [5.74, 6) is 1.09. The van der Waals surface area contributed by atoms with Crippen LogP contribution in [0.5, 0.6) is 0 Å². The lowest BCUT2D eigenvalue weighted by Gasteiger charge is -2.14. The highest BCUT2D eigenvalue weighted by Gasteiger charge is 2.21. The van der Waals surface area contributed by atoms with Gasteiger partial charge in [0.15, 0.2) is 11.6 Å². The van der Waals surface area contributed by atoms with Gasteiger partial charge < -0.3 is 0 Å². The van der Waals surface area contributed by atoms with Gasteiger partial charge in [0.25, 0.3) is 0 Å². The third-order valence-corrected chi connectivity index (χ3v) is 10.0. The van der Waals surface area contributed by atoms with Crippen molar-refractivity contribution in [2.45, 2.75) is 0 Å². The molecule has 0 atom stereocenters. The highest BCUT2D eigenvalue weighted by atomic mass is 15.2. The van der Waals surface area contributed by atoms with Crippen LogP contribution in [0.1, 0.15) is 5.48 Å². The number of hydrogen-bond acceptors (Lipinski definition) is 3. The van der Waals surface area contributed by atoms with E-state index in [1.54, 1.807) is 4.57 Å².